The Labute approximate surface area is 182 Å². The fourth-order valence-electron chi connectivity index (χ4n) is 4.18. The maximum absolute atomic E-state index is 13.7. The van der Waals surface area contributed by atoms with Gasteiger partial charge < -0.3 is 9.80 Å². The van der Waals surface area contributed by atoms with Crippen molar-refractivity contribution in [3.8, 4) is 0 Å². The van der Waals surface area contributed by atoms with Gasteiger partial charge in [0.05, 0.1) is 16.8 Å². The van der Waals surface area contributed by atoms with Crippen molar-refractivity contribution in [1.29, 1.82) is 0 Å². The van der Waals surface area contributed by atoms with Gasteiger partial charge >= 0.3 is 12.4 Å². The lowest BCUT2D eigenvalue weighted by molar-refractivity contribution is -0.142. The lowest BCUT2D eigenvalue weighted by Gasteiger charge is -2.27. The molecule has 2 aliphatic rings. The molecule has 1 fully saturated rings. The molecule has 4 nitrogen and oxygen atoms in total. The highest BCUT2D eigenvalue weighted by molar-refractivity contribution is 5.74. The summed E-state index contributed by atoms with van der Waals surface area (Å²) in [6, 6.07) is 1.76. The van der Waals surface area contributed by atoms with Crippen molar-refractivity contribution in [2.75, 3.05) is 29.4 Å². The SMILES string of the molecule is CCCN(CC1CC1)c1nc(C)nc2c1CCN2c1ccc(C(F)(F)F)cc1C(F)(F)F. The number of aromatic nitrogens is 2. The van der Waals surface area contributed by atoms with Crippen LogP contribution in [0.15, 0.2) is 18.2 Å². The second-order valence-electron chi connectivity index (χ2n) is 8.42. The van der Waals surface area contributed by atoms with Crippen LogP contribution in [0.5, 0.6) is 0 Å². The van der Waals surface area contributed by atoms with Gasteiger partial charge in [0.2, 0.25) is 0 Å². The molecule has 0 radical (unpaired) electrons. The summed E-state index contributed by atoms with van der Waals surface area (Å²) in [5.74, 6) is 2.08. The number of aryl methyl sites for hydroxylation is 1. The smallest absolute Gasteiger partial charge is 0.356 e. The maximum Gasteiger partial charge on any atom is 0.418 e. The van der Waals surface area contributed by atoms with Crippen molar-refractivity contribution in [2.24, 2.45) is 5.92 Å². The average Bonchev–Trinajstić information content (AvgIpc) is 3.42. The largest absolute Gasteiger partial charge is 0.418 e. The number of anilines is 3. The molecule has 32 heavy (non-hydrogen) atoms. The number of rotatable bonds is 6. The first kappa shape index (κ1) is 22.7. The second-order valence-corrected chi connectivity index (χ2v) is 8.42. The lowest BCUT2D eigenvalue weighted by Crippen LogP contribution is -2.29. The van der Waals surface area contributed by atoms with Crippen molar-refractivity contribution in [3.05, 3.63) is 40.7 Å². The molecule has 1 aliphatic carbocycles. The highest BCUT2D eigenvalue weighted by Gasteiger charge is 2.41. The third-order valence-corrected chi connectivity index (χ3v) is 5.80. The van der Waals surface area contributed by atoms with E-state index >= 15 is 0 Å². The second kappa shape index (κ2) is 8.12. The van der Waals surface area contributed by atoms with Gasteiger partial charge in [-0.25, -0.2) is 9.97 Å². The quantitative estimate of drug-likeness (QED) is 0.487. The molecule has 1 aromatic carbocycles. The van der Waals surface area contributed by atoms with E-state index in [1.807, 2.05) is 0 Å². The number of hydrogen-bond donors (Lipinski definition) is 0. The summed E-state index contributed by atoms with van der Waals surface area (Å²) in [6.45, 7) is 5.54. The third-order valence-electron chi connectivity index (χ3n) is 5.80. The van der Waals surface area contributed by atoms with Gasteiger partial charge in [0.15, 0.2) is 0 Å². The predicted molar refractivity (Wildman–Crippen MR) is 109 cm³/mol. The van der Waals surface area contributed by atoms with Gasteiger partial charge in [0, 0.05) is 25.2 Å². The fraction of sp³-hybridized carbons (Fsp3) is 0.545. The zero-order chi connectivity index (χ0) is 23.3. The van der Waals surface area contributed by atoms with E-state index in [9.17, 15) is 26.3 Å². The number of halogens is 6. The van der Waals surface area contributed by atoms with E-state index in [1.54, 1.807) is 6.92 Å². The lowest BCUT2D eigenvalue weighted by atomic mass is 10.1. The van der Waals surface area contributed by atoms with E-state index < -0.39 is 23.5 Å². The molecule has 1 saturated carbocycles. The summed E-state index contributed by atoms with van der Waals surface area (Å²) in [4.78, 5) is 12.6. The molecule has 0 amide bonds. The molecule has 10 heteroatoms. The minimum atomic E-state index is -4.94. The van der Waals surface area contributed by atoms with Crippen LogP contribution in [0.2, 0.25) is 0 Å². The van der Waals surface area contributed by atoms with E-state index in [1.165, 1.54) is 4.90 Å². The number of fused-ring (bicyclic) bond motifs is 1. The van der Waals surface area contributed by atoms with Gasteiger partial charge in [0.25, 0.3) is 0 Å². The Morgan fingerprint density at radius 1 is 1.06 bits per heavy atom. The molecule has 0 unspecified atom stereocenters. The zero-order valence-electron chi connectivity index (χ0n) is 17.8. The molecule has 0 saturated heterocycles. The molecule has 0 atom stereocenters. The predicted octanol–water partition coefficient (Wildman–Crippen LogP) is 6.14. The topological polar surface area (TPSA) is 32.3 Å². The van der Waals surface area contributed by atoms with Crippen LogP contribution in [0.4, 0.5) is 43.7 Å². The summed E-state index contributed by atoms with van der Waals surface area (Å²) < 4.78 is 80.5. The van der Waals surface area contributed by atoms with Crippen LogP contribution in [0.25, 0.3) is 0 Å². The molecule has 0 N–H and O–H groups in total. The van der Waals surface area contributed by atoms with Crippen LogP contribution in [-0.4, -0.2) is 29.6 Å². The van der Waals surface area contributed by atoms with Gasteiger partial charge in [-0.05, 0) is 56.7 Å². The minimum absolute atomic E-state index is 0.179. The minimum Gasteiger partial charge on any atom is -0.356 e. The van der Waals surface area contributed by atoms with Crippen LogP contribution >= 0.6 is 0 Å². The highest BCUT2D eigenvalue weighted by Crippen LogP contribution is 2.45. The first-order valence-electron chi connectivity index (χ1n) is 10.7. The first-order valence-corrected chi connectivity index (χ1v) is 10.7. The van der Waals surface area contributed by atoms with Crippen molar-refractivity contribution in [1.82, 2.24) is 9.97 Å². The molecule has 4 rings (SSSR count). The number of nitrogens with zero attached hydrogens (tertiary/aromatic N) is 4. The summed E-state index contributed by atoms with van der Waals surface area (Å²) in [5.41, 5.74) is -2.22. The summed E-state index contributed by atoms with van der Waals surface area (Å²) >= 11 is 0. The summed E-state index contributed by atoms with van der Waals surface area (Å²) in [6.07, 6.45) is -6.18. The summed E-state index contributed by atoms with van der Waals surface area (Å²) in [5, 5.41) is 0. The Bertz CT molecular complexity index is 997. The van der Waals surface area contributed by atoms with Crippen LogP contribution in [0.3, 0.4) is 0 Å². The summed E-state index contributed by atoms with van der Waals surface area (Å²) in [7, 11) is 0. The molecule has 0 bridgehead atoms. The van der Waals surface area contributed by atoms with E-state index in [0.717, 1.165) is 49.8 Å². The van der Waals surface area contributed by atoms with E-state index in [0.29, 0.717) is 30.0 Å². The Morgan fingerprint density at radius 3 is 2.38 bits per heavy atom. The molecular formula is C22H24F6N4. The molecular weight excluding hydrogens is 434 g/mol. The molecule has 1 aliphatic heterocycles. The van der Waals surface area contributed by atoms with Crippen molar-refractivity contribution < 1.29 is 26.3 Å². The fourth-order valence-corrected chi connectivity index (χ4v) is 4.18. The maximum atomic E-state index is 13.7. The van der Waals surface area contributed by atoms with Crippen molar-refractivity contribution in [3.63, 3.8) is 0 Å². The van der Waals surface area contributed by atoms with Crippen LogP contribution < -0.4 is 9.80 Å². The number of alkyl halides is 6. The van der Waals surface area contributed by atoms with E-state index in [4.69, 9.17) is 0 Å². The average molecular weight is 458 g/mol. The molecule has 174 valence electrons. The highest BCUT2D eigenvalue weighted by atomic mass is 19.4. The van der Waals surface area contributed by atoms with Gasteiger partial charge in [0.1, 0.15) is 17.5 Å². The van der Waals surface area contributed by atoms with Gasteiger partial charge in [-0.15, -0.1) is 0 Å². The van der Waals surface area contributed by atoms with Crippen molar-refractivity contribution >= 4 is 17.3 Å². The van der Waals surface area contributed by atoms with Gasteiger partial charge in [-0.3, -0.25) is 0 Å². The van der Waals surface area contributed by atoms with E-state index in [2.05, 4.69) is 21.8 Å². The Morgan fingerprint density at radius 2 is 1.78 bits per heavy atom. The van der Waals surface area contributed by atoms with Crippen molar-refractivity contribution in [2.45, 2.75) is 51.9 Å². The first-order chi connectivity index (χ1) is 15.0. The normalized spacial score (nSPS) is 16.4. The molecule has 0 spiro atoms. The standard InChI is InChI=1S/C22H24F6N4/c1-3-9-31(12-14-4-5-14)19-16-8-10-32(20(16)30-13(2)29-19)18-7-6-15(21(23,24)25)11-17(18)22(26,27)28/h6-7,11,14H,3-5,8-10,12H2,1-2H3. The third kappa shape index (κ3) is 4.49. The number of benzene rings is 1. The van der Waals surface area contributed by atoms with Crippen LogP contribution in [0, 0.1) is 12.8 Å². The monoisotopic (exact) mass is 458 g/mol. The molecule has 2 heterocycles. The van der Waals surface area contributed by atoms with E-state index in [-0.39, 0.29) is 18.3 Å². The molecule has 2 aromatic rings. The Hall–Kier alpha value is -2.52. The van der Waals surface area contributed by atoms with Crippen LogP contribution in [0.1, 0.15) is 48.7 Å². The molecule has 1 aromatic heterocycles. The van der Waals surface area contributed by atoms with Gasteiger partial charge in [-0.2, -0.15) is 26.3 Å². The Balaban J connectivity index is 1.79. The van der Waals surface area contributed by atoms with Crippen LogP contribution in [-0.2, 0) is 18.8 Å². The van der Waals surface area contributed by atoms with Gasteiger partial charge in [-0.1, -0.05) is 6.92 Å². The zero-order valence-corrected chi connectivity index (χ0v) is 17.8. The number of hydrogen-bond acceptors (Lipinski definition) is 4. The Kier molecular flexibility index (Phi) is 5.75.